The molecule has 1 aliphatic carbocycles. The molecule has 1 heterocycles. The number of aliphatic hydroxyl groups is 1. The molecule has 1 aliphatic heterocycles. The van der Waals surface area contributed by atoms with Gasteiger partial charge >= 0.3 is 0 Å². The Balaban J connectivity index is 2.11. The minimum absolute atomic E-state index is 0.00697. The van der Waals surface area contributed by atoms with E-state index in [0.717, 1.165) is 24.8 Å². The van der Waals surface area contributed by atoms with Crippen molar-refractivity contribution in [3.8, 4) is 0 Å². The van der Waals surface area contributed by atoms with Gasteiger partial charge in [-0.25, -0.2) is 0 Å². The molecule has 1 atom stereocenters. The van der Waals surface area contributed by atoms with Gasteiger partial charge in [0.15, 0.2) is 5.79 Å². The van der Waals surface area contributed by atoms with E-state index < -0.39 is 5.79 Å². The number of ether oxygens (including phenoxy) is 2. The van der Waals surface area contributed by atoms with Gasteiger partial charge in [-0.1, -0.05) is 18.7 Å². The second-order valence-electron chi connectivity index (χ2n) is 5.71. The first-order chi connectivity index (χ1) is 7.95. The molecule has 3 heteroatoms. The van der Waals surface area contributed by atoms with Gasteiger partial charge in [-0.2, -0.15) is 0 Å². The lowest BCUT2D eigenvalue weighted by molar-refractivity contribution is -0.286. The summed E-state index contributed by atoms with van der Waals surface area (Å²) in [5, 5.41) is 9.80. The molecular formula is C14H22O3. The molecule has 0 aromatic carbocycles. The van der Waals surface area contributed by atoms with E-state index in [2.05, 4.69) is 6.58 Å². The third-order valence-corrected chi connectivity index (χ3v) is 3.67. The highest BCUT2D eigenvalue weighted by Crippen LogP contribution is 2.41. The highest BCUT2D eigenvalue weighted by Gasteiger charge is 2.41. The second-order valence-corrected chi connectivity index (χ2v) is 5.71. The van der Waals surface area contributed by atoms with Crippen LogP contribution < -0.4 is 0 Å². The van der Waals surface area contributed by atoms with E-state index in [4.69, 9.17) is 9.47 Å². The second kappa shape index (κ2) is 4.56. The average Bonchev–Trinajstić information content (AvgIpc) is 2.44. The van der Waals surface area contributed by atoms with E-state index in [-0.39, 0.29) is 11.5 Å². The van der Waals surface area contributed by atoms with Crippen molar-refractivity contribution in [3.05, 3.63) is 24.3 Å². The smallest absolute Gasteiger partial charge is 0.162 e. The Morgan fingerprint density at radius 1 is 1.41 bits per heavy atom. The Morgan fingerprint density at radius 3 is 2.65 bits per heavy atom. The first-order valence-electron chi connectivity index (χ1n) is 6.24. The zero-order valence-electron chi connectivity index (χ0n) is 10.7. The van der Waals surface area contributed by atoms with Gasteiger partial charge in [-0.15, -0.1) is 0 Å². The topological polar surface area (TPSA) is 38.7 Å². The molecule has 96 valence electrons. The summed E-state index contributed by atoms with van der Waals surface area (Å²) in [6, 6.07) is 0. The van der Waals surface area contributed by atoms with Crippen LogP contribution in [0.3, 0.4) is 0 Å². The van der Waals surface area contributed by atoms with Crippen molar-refractivity contribution in [1.29, 1.82) is 0 Å². The summed E-state index contributed by atoms with van der Waals surface area (Å²) < 4.78 is 11.6. The summed E-state index contributed by atoms with van der Waals surface area (Å²) in [6.45, 7) is 9.07. The monoisotopic (exact) mass is 238 g/mol. The zero-order chi connectivity index (χ0) is 12.5. The van der Waals surface area contributed by atoms with Crippen LogP contribution in [0.25, 0.3) is 0 Å². The molecule has 0 amide bonds. The van der Waals surface area contributed by atoms with E-state index >= 15 is 0 Å². The minimum atomic E-state index is -0.478. The van der Waals surface area contributed by atoms with Gasteiger partial charge in [0.1, 0.15) is 0 Å². The van der Waals surface area contributed by atoms with Crippen LogP contribution in [0.4, 0.5) is 0 Å². The summed E-state index contributed by atoms with van der Waals surface area (Å²) in [5.41, 5.74) is 1.11. The largest absolute Gasteiger partial charge is 0.389 e. The standard InChI is InChI=1S/C14H22O3/c1-4-11-7-12(15)5-6-14(8-11)9-16-13(2,3)17-10-14/h4,7,12,15H,1,5-6,8-10H2,2-3H3. The number of aliphatic hydroxyl groups excluding tert-OH is 1. The Kier molecular flexibility index (Phi) is 3.43. The van der Waals surface area contributed by atoms with Crippen molar-refractivity contribution in [2.75, 3.05) is 13.2 Å². The Labute approximate surface area is 103 Å². The predicted molar refractivity (Wildman–Crippen MR) is 66.6 cm³/mol. The van der Waals surface area contributed by atoms with Gasteiger partial charge in [0.2, 0.25) is 0 Å². The SMILES string of the molecule is C=CC1=CC(O)CCC2(COC(C)(C)OC2)C1. The molecule has 0 aromatic heterocycles. The Morgan fingerprint density at radius 2 is 2.06 bits per heavy atom. The van der Waals surface area contributed by atoms with Crippen LogP contribution in [0.2, 0.25) is 0 Å². The lowest BCUT2D eigenvalue weighted by Gasteiger charge is -2.43. The molecule has 0 radical (unpaired) electrons. The van der Waals surface area contributed by atoms with Crippen molar-refractivity contribution in [2.24, 2.45) is 5.41 Å². The maximum absolute atomic E-state index is 9.80. The number of hydrogen-bond acceptors (Lipinski definition) is 3. The van der Waals surface area contributed by atoms with Gasteiger partial charge < -0.3 is 14.6 Å². The van der Waals surface area contributed by atoms with E-state index in [1.54, 1.807) is 0 Å². The Hall–Kier alpha value is -0.640. The summed E-state index contributed by atoms with van der Waals surface area (Å²) in [7, 11) is 0. The molecule has 1 spiro atoms. The maximum atomic E-state index is 9.80. The normalized spacial score (nSPS) is 31.7. The molecule has 1 N–H and O–H groups in total. The molecule has 1 saturated heterocycles. The fourth-order valence-electron chi connectivity index (χ4n) is 2.49. The molecule has 0 bridgehead atoms. The molecule has 0 saturated carbocycles. The van der Waals surface area contributed by atoms with Crippen molar-refractivity contribution in [1.82, 2.24) is 0 Å². The van der Waals surface area contributed by atoms with Crippen molar-refractivity contribution in [3.63, 3.8) is 0 Å². The molecule has 17 heavy (non-hydrogen) atoms. The van der Waals surface area contributed by atoms with Crippen molar-refractivity contribution >= 4 is 0 Å². The highest BCUT2D eigenvalue weighted by atomic mass is 16.7. The van der Waals surface area contributed by atoms with Crippen LogP contribution in [0, 0.1) is 5.41 Å². The molecule has 1 unspecified atom stereocenters. The number of rotatable bonds is 1. The van der Waals surface area contributed by atoms with E-state index in [1.165, 1.54) is 0 Å². The van der Waals surface area contributed by atoms with Gasteiger partial charge in [0, 0.05) is 5.41 Å². The average molecular weight is 238 g/mol. The minimum Gasteiger partial charge on any atom is -0.389 e. The lowest BCUT2D eigenvalue weighted by atomic mass is 9.79. The fourth-order valence-corrected chi connectivity index (χ4v) is 2.49. The molecule has 3 nitrogen and oxygen atoms in total. The lowest BCUT2D eigenvalue weighted by Crippen LogP contribution is -2.46. The van der Waals surface area contributed by atoms with Gasteiger partial charge in [0.05, 0.1) is 19.3 Å². The first kappa shape index (κ1) is 12.8. The van der Waals surface area contributed by atoms with Gasteiger partial charge in [-0.05, 0) is 38.7 Å². The van der Waals surface area contributed by atoms with E-state index in [0.29, 0.717) is 13.2 Å². The molecular weight excluding hydrogens is 216 g/mol. The molecule has 2 aliphatic rings. The van der Waals surface area contributed by atoms with Crippen molar-refractivity contribution in [2.45, 2.75) is 45.0 Å². The van der Waals surface area contributed by atoms with Crippen LogP contribution in [-0.4, -0.2) is 30.2 Å². The molecule has 1 fully saturated rings. The van der Waals surface area contributed by atoms with E-state index in [1.807, 2.05) is 26.0 Å². The van der Waals surface area contributed by atoms with Gasteiger partial charge in [0.25, 0.3) is 0 Å². The third-order valence-electron chi connectivity index (χ3n) is 3.67. The Bertz CT molecular complexity index is 320. The zero-order valence-corrected chi connectivity index (χ0v) is 10.7. The molecule has 0 aromatic rings. The summed E-state index contributed by atoms with van der Waals surface area (Å²) in [4.78, 5) is 0. The van der Waals surface area contributed by atoms with Crippen LogP contribution in [0.5, 0.6) is 0 Å². The van der Waals surface area contributed by atoms with Crippen LogP contribution in [-0.2, 0) is 9.47 Å². The summed E-state index contributed by atoms with van der Waals surface area (Å²) in [6.07, 6.45) is 5.95. The highest BCUT2D eigenvalue weighted by molar-refractivity contribution is 5.22. The van der Waals surface area contributed by atoms with Gasteiger partial charge in [-0.3, -0.25) is 0 Å². The third kappa shape index (κ3) is 2.97. The number of allylic oxidation sites excluding steroid dienone is 2. The predicted octanol–water partition coefficient (Wildman–Crippen LogP) is 2.41. The van der Waals surface area contributed by atoms with Crippen LogP contribution in [0.15, 0.2) is 24.3 Å². The number of hydrogen-bond donors (Lipinski definition) is 1. The first-order valence-corrected chi connectivity index (χ1v) is 6.24. The van der Waals surface area contributed by atoms with Crippen LogP contribution in [0.1, 0.15) is 33.1 Å². The fraction of sp³-hybridized carbons (Fsp3) is 0.714. The van der Waals surface area contributed by atoms with Crippen molar-refractivity contribution < 1.29 is 14.6 Å². The maximum Gasteiger partial charge on any atom is 0.162 e. The van der Waals surface area contributed by atoms with Crippen LogP contribution >= 0.6 is 0 Å². The summed E-state index contributed by atoms with van der Waals surface area (Å²) >= 11 is 0. The quantitative estimate of drug-likeness (QED) is 0.762. The molecule has 2 rings (SSSR count). The summed E-state index contributed by atoms with van der Waals surface area (Å²) in [5.74, 6) is -0.478. The van der Waals surface area contributed by atoms with E-state index in [9.17, 15) is 5.11 Å².